The Bertz CT molecular complexity index is 997. The molecule has 2 atom stereocenters. The molecule has 2 aliphatic rings. The van der Waals surface area contributed by atoms with Crippen molar-refractivity contribution in [2.45, 2.75) is 25.4 Å². The highest BCUT2D eigenvalue weighted by Crippen LogP contribution is 2.47. The molecular weight excluding hydrogens is 378 g/mol. The number of rotatable bonds is 3. The number of hydrogen-bond donors (Lipinski definition) is 1. The maximum atomic E-state index is 12.8. The topological polar surface area (TPSA) is 93.3 Å². The maximum absolute atomic E-state index is 12.8. The number of nitrogens with one attached hydrogen (secondary N) is 1. The van der Waals surface area contributed by atoms with Crippen molar-refractivity contribution in [3.05, 3.63) is 58.7 Å². The van der Waals surface area contributed by atoms with E-state index in [4.69, 9.17) is 4.42 Å². The zero-order chi connectivity index (χ0) is 19.1. The minimum atomic E-state index is -0.298. The molecule has 1 N–H and O–H groups in total. The molecule has 5 rings (SSSR count). The van der Waals surface area contributed by atoms with Crippen LogP contribution in [0.1, 0.15) is 44.9 Å². The number of amides is 2. The molecule has 5 heterocycles. The first-order valence-electron chi connectivity index (χ1n) is 9.21. The van der Waals surface area contributed by atoms with Crippen LogP contribution in [0.25, 0.3) is 0 Å². The number of hydrogen-bond acceptors (Lipinski definition) is 6. The highest BCUT2D eigenvalue weighted by atomic mass is 32.1. The van der Waals surface area contributed by atoms with Gasteiger partial charge in [0.25, 0.3) is 11.8 Å². The van der Waals surface area contributed by atoms with E-state index < -0.39 is 0 Å². The van der Waals surface area contributed by atoms with Crippen LogP contribution in [0.3, 0.4) is 0 Å². The van der Waals surface area contributed by atoms with E-state index in [1.54, 1.807) is 12.1 Å². The van der Waals surface area contributed by atoms with Crippen LogP contribution in [0.15, 0.2) is 46.7 Å². The Morgan fingerprint density at radius 3 is 2.93 bits per heavy atom. The quantitative estimate of drug-likeness (QED) is 0.732. The molecule has 0 saturated carbocycles. The summed E-state index contributed by atoms with van der Waals surface area (Å²) in [6.45, 7) is 1.90. The maximum Gasteiger partial charge on any atom is 0.289 e. The Labute approximate surface area is 165 Å². The van der Waals surface area contributed by atoms with Crippen molar-refractivity contribution in [3.8, 4) is 0 Å². The monoisotopic (exact) mass is 397 g/mol. The highest BCUT2D eigenvalue weighted by Gasteiger charge is 2.51. The van der Waals surface area contributed by atoms with E-state index in [0.29, 0.717) is 23.7 Å². The van der Waals surface area contributed by atoms with Gasteiger partial charge in [0.05, 0.1) is 17.2 Å². The van der Waals surface area contributed by atoms with Gasteiger partial charge in [-0.15, -0.1) is 11.3 Å². The molecule has 1 saturated heterocycles. The third-order valence-corrected chi connectivity index (χ3v) is 6.63. The number of carbonyl (C=O) groups excluding carboxylic acids is 2. The van der Waals surface area contributed by atoms with E-state index >= 15 is 0 Å². The third kappa shape index (κ3) is 2.73. The van der Waals surface area contributed by atoms with Crippen LogP contribution >= 0.6 is 11.3 Å². The fourth-order valence-corrected chi connectivity index (χ4v) is 4.94. The van der Waals surface area contributed by atoms with Crippen LogP contribution in [0, 0.1) is 5.41 Å². The first-order valence-corrected chi connectivity index (χ1v) is 10.1. The second-order valence-electron chi connectivity index (χ2n) is 7.29. The molecule has 2 aliphatic heterocycles. The number of carbonyl (C=O) groups is 2. The van der Waals surface area contributed by atoms with E-state index in [0.717, 1.165) is 25.2 Å². The Morgan fingerprint density at radius 1 is 1.25 bits per heavy atom. The Kier molecular flexibility index (Phi) is 4.04. The molecule has 9 heteroatoms. The van der Waals surface area contributed by atoms with Crippen LogP contribution in [-0.2, 0) is 6.54 Å². The number of aryl methyl sites for hydroxylation is 1. The van der Waals surface area contributed by atoms with Gasteiger partial charge < -0.3 is 14.6 Å². The molecule has 1 fully saturated rings. The van der Waals surface area contributed by atoms with Gasteiger partial charge in [0, 0.05) is 25.0 Å². The molecule has 3 aromatic heterocycles. The van der Waals surface area contributed by atoms with Crippen molar-refractivity contribution in [1.29, 1.82) is 0 Å². The summed E-state index contributed by atoms with van der Waals surface area (Å²) in [6, 6.07) is 6.76. The molecular formula is C19H19N5O3S. The van der Waals surface area contributed by atoms with Gasteiger partial charge in [0.1, 0.15) is 12.2 Å². The standard InChI is InChI=1S/C19H19N5O3S/c25-17(14-4-2-10-28-14)22-15-16-20-12-21-24(16)8-6-19(15)5-7-23(11-19)18(26)13-3-1-9-27-13/h1-4,9-10,12,15H,5-8,11H2,(H,22,25)/t15-,19-/m1/s1. The van der Waals surface area contributed by atoms with Crippen molar-refractivity contribution in [2.75, 3.05) is 13.1 Å². The Balaban J connectivity index is 1.44. The second-order valence-corrected chi connectivity index (χ2v) is 8.24. The van der Waals surface area contributed by atoms with Gasteiger partial charge in [-0.2, -0.15) is 5.10 Å². The minimum Gasteiger partial charge on any atom is -0.459 e. The molecule has 0 bridgehead atoms. The molecule has 144 valence electrons. The van der Waals surface area contributed by atoms with Crippen LogP contribution in [0.4, 0.5) is 0 Å². The minimum absolute atomic E-state index is 0.114. The number of fused-ring (bicyclic) bond motifs is 1. The predicted octanol–water partition coefficient (Wildman–Crippen LogP) is 2.34. The molecule has 0 unspecified atom stereocenters. The number of likely N-dealkylation sites (tertiary alicyclic amines) is 1. The van der Waals surface area contributed by atoms with Crippen molar-refractivity contribution in [2.24, 2.45) is 5.41 Å². The van der Waals surface area contributed by atoms with Crippen LogP contribution in [0.2, 0.25) is 0 Å². The molecule has 8 nitrogen and oxygen atoms in total. The summed E-state index contributed by atoms with van der Waals surface area (Å²) in [4.78, 5) is 32.5. The summed E-state index contributed by atoms with van der Waals surface area (Å²) in [5.74, 6) is 0.863. The average molecular weight is 397 g/mol. The largest absolute Gasteiger partial charge is 0.459 e. The predicted molar refractivity (Wildman–Crippen MR) is 101 cm³/mol. The van der Waals surface area contributed by atoms with Crippen molar-refractivity contribution in [1.82, 2.24) is 25.0 Å². The molecule has 0 aromatic carbocycles. The second kappa shape index (κ2) is 6.59. The van der Waals surface area contributed by atoms with Crippen molar-refractivity contribution in [3.63, 3.8) is 0 Å². The highest BCUT2D eigenvalue weighted by molar-refractivity contribution is 7.12. The van der Waals surface area contributed by atoms with Crippen molar-refractivity contribution < 1.29 is 14.0 Å². The van der Waals surface area contributed by atoms with Gasteiger partial charge in [-0.3, -0.25) is 9.59 Å². The van der Waals surface area contributed by atoms with Gasteiger partial charge in [0.15, 0.2) is 5.76 Å². The fraction of sp³-hybridized carbons (Fsp3) is 0.368. The van der Waals surface area contributed by atoms with Crippen LogP contribution in [0.5, 0.6) is 0 Å². The molecule has 1 spiro atoms. The third-order valence-electron chi connectivity index (χ3n) is 5.76. The van der Waals surface area contributed by atoms with Gasteiger partial charge in [-0.05, 0) is 36.4 Å². The Hall–Kier alpha value is -2.94. The van der Waals surface area contributed by atoms with E-state index in [9.17, 15) is 9.59 Å². The molecule has 2 amide bonds. The summed E-state index contributed by atoms with van der Waals surface area (Å²) in [5, 5.41) is 9.35. The summed E-state index contributed by atoms with van der Waals surface area (Å²) < 4.78 is 7.13. The number of nitrogens with zero attached hydrogens (tertiary/aromatic N) is 4. The van der Waals surface area contributed by atoms with Crippen molar-refractivity contribution >= 4 is 23.2 Å². The lowest BCUT2D eigenvalue weighted by atomic mass is 9.74. The summed E-state index contributed by atoms with van der Waals surface area (Å²) in [7, 11) is 0. The first kappa shape index (κ1) is 17.2. The normalized spacial score (nSPS) is 23.7. The summed E-state index contributed by atoms with van der Waals surface area (Å²) in [5.41, 5.74) is -0.266. The molecule has 3 aromatic rings. The summed E-state index contributed by atoms with van der Waals surface area (Å²) >= 11 is 1.41. The zero-order valence-corrected chi connectivity index (χ0v) is 15.9. The molecule has 0 radical (unpaired) electrons. The first-order chi connectivity index (χ1) is 13.7. The summed E-state index contributed by atoms with van der Waals surface area (Å²) in [6.07, 6.45) is 4.65. The van der Waals surface area contributed by atoms with Gasteiger partial charge in [-0.1, -0.05) is 6.07 Å². The number of aromatic nitrogens is 3. The van der Waals surface area contributed by atoms with Gasteiger partial charge in [-0.25, -0.2) is 9.67 Å². The van der Waals surface area contributed by atoms with Crippen LogP contribution in [-0.4, -0.2) is 44.6 Å². The lowest BCUT2D eigenvalue weighted by molar-refractivity contribution is 0.0678. The number of furan rings is 1. The Morgan fingerprint density at radius 2 is 2.14 bits per heavy atom. The fourth-order valence-electron chi connectivity index (χ4n) is 4.31. The number of thiophene rings is 1. The van der Waals surface area contributed by atoms with E-state index in [1.807, 2.05) is 27.1 Å². The van der Waals surface area contributed by atoms with Crippen LogP contribution < -0.4 is 5.32 Å². The smallest absolute Gasteiger partial charge is 0.289 e. The van der Waals surface area contributed by atoms with Gasteiger partial charge >= 0.3 is 0 Å². The van der Waals surface area contributed by atoms with E-state index in [1.165, 1.54) is 23.9 Å². The lowest BCUT2D eigenvalue weighted by Gasteiger charge is -2.40. The zero-order valence-electron chi connectivity index (χ0n) is 15.1. The van der Waals surface area contributed by atoms with E-state index in [2.05, 4.69) is 15.4 Å². The van der Waals surface area contributed by atoms with E-state index in [-0.39, 0.29) is 23.3 Å². The lowest BCUT2D eigenvalue weighted by Crippen LogP contribution is -2.48. The molecule has 28 heavy (non-hydrogen) atoms. The average Bonchev–Trinajstić information content (AvgIpc) is 3.49. The SMILES string of the molecule is O=C(N[C@@H]1c2ncnn2CC[C@@]12CCN(C(=O)c1ccco1)C2)c1cccs1. The van der Waals surface area contributed by atoms with Gasteiger partial charge in [0.2, 0.25) is 0 Å². The molecule has 0 aliphatic carbocycles.